The Bertz CT molecular complexity index is 744. The summed E-state index contributed by atoms with van der Waals surface area (Å²) in [5.41, 5.74) is 1.26. The van der Waals surface area contributed by atoms with Crippen LogP contribution in [0.4, 0.5) is 15.6 Å². The van der Waals surface area contributed by atoms with Crippen molar-refractivity contribution in [3.63, 3.8) is 0 Å². The summed E-state index contributed by atoms with van der Waals surface area (Å²) in [6.45, 7) is 5.72. The van der Waals surface area contributed by atoms with Crippen LogP contribution in [0, 0.1) is 0 Å². The van der Waals surface area contributed by atoms with Crippen LogP contribution < -0.4 is 20.7 Å². The molecule has 24 heavy (non-hydrogen) atoms. The molecule has 2 aromatic rings. The highest BCUT2D eigenvalue weighted by molar-refractivity contribution is 7.22. The third kappa shape index (κ3) is 4.35. The minimum atomic E-state index is -0.269. The van der Waals surface area contributed by atoms with Crippen LogP contribution in [0.1, 0.15) is 33.6 Å². The summed E-state index contributed by atoms with van der Waals surface area (Å²) in [6, 6.07) is 3.35. The summed E-state index contributed by atoms with van der Waals surface area (Å²) >= 11 is 1.34. The number of benzene rings is 1. The smallest absolute Gasteiger partial charge is 0.319 e. The van der Waals surface area contributed by atoms with E-state index in [1.807, 2.05) is 19.9 Å². The SMILES string of the molecule is CCC(=O)Nc1nc2c(OC)cc(NC(=O)NC(C)CC)cc2s1. The number of rotatable bonds is 6. The molecule has 0 fully saturated rings. The Morgan fingerprint density at radius 3 is 2.67 bits per heavy atom. The quantitative estimate of drug-likeness (QED) is 0.742. The maximum Gasteiger partial charge on any atom is 0.319 e. The third-order valence-electron chi connectivity index (χ3n) is 3.50. The predicted molar refractivity (Wildman–Crippen MR) is 97.0 cm³/mol. The Labute approximate surface area is 144 Å². The zero-order valence-corrected chi connectivity index (χ0v) is 15.0. The number of amides is 3. The van der Waals surface area contributed by atoms with Gasteiger partial charge < -0.3 is 20.7 Å². The second kappa shape index (κ2) is 7.96. The van der Waals surface area contributed by atoms with E-state index in [1.165, 1.54) is 11.3 Å². The highest BCUT2D eigenvalue weighted by atomic mass is 32.1. The molecule has 130 valence electrons. The molecule has 0 saturated carbocycles. The molecular weight excluding hydrogens is 328 g/mol. The van der Waals surface area contributed by atoms with Crippen molar-refractivity contribution in [3.05, 3.63) is 12.1 Å². The zero-order valence-electron chi connectivity index (χ0n) is 14.2. The van der Waals surface area contributed by atoms with Gasteiger partial charge in [-0.3, -0.25) is 4.79 Å². The summed E-state index contributed by atoms with van der Waals surface area (Å²) < 4.78 is 6.18. The second-order valence-corrected chi connectivity index (χ2v) is 6.38. The molecule has 0 saturated heterocycles. The van der Waals surface area contributed by atoms with E-state index in [9.17, 15) is 9.59 Å². The fourth-order valence-corrected chi connectivity index (χ4v) is 2.92. The number of hydrogen-bond donors (Lipinski definition) is 3. The highest BCUT2D eigenvalue weighted by Gasteiger charge is 2.14. The number of thiazole rings is 1. The van der Waals surface area contributed by atoms with Crippen LogP contribution in [0.2, 0.25) is 0 Å². The predicted octanol–water partition coefficient (Wildman–Crippen LogP) is 3.57. The molecule has 0 bridgehead atoms. The van der Waals surface area contributed by atoms with Gasteiger partial charge in [-0.25, -0.2) is 9.78 Å². The molecule has 3 N–H and O–H groups in total. The number of aromatic nitrogens is 1. The Morgan fingerprint density at radius 2 is 2.04 bits per heavy atom. The summed E-state index contributed by atoms with van der Waals surface area (Å²) in [6.07, 6.45) is 1.24. The molecule has 1 atom stereocenters. The average molecular weight is 350 g/mol. The van der Waals surface area contributed by atoms with Crippen LogP contribution in [-0.2, 0) is 4.79 Å². The van der Waals surface area contributed by atoms with E-state index in [4.69, 9.17) is 4.74 Å². The van der Waals surface area contributed by atoms with Gasteiger partial charge in [0.2, 0.25) is 5.91 Å². The molecule has 7 nitrogen and oxygen atoms in total. The number of fused-ring (bicyclic) bond motifs is 1. The monoisotopic (exact) mass is 350 g/mol. The number of nitrogens with one attached hydrogen (secondary N) is 3. The van der Waals surface area contributed by atoms with E-state index in [1.54, 1.807) is 20.1 Å². The van der Waals surface area contributed by atoms with Gasteiger partial charge in [0.1, 0.15) is 11.3 Å². The lowest BCUT2D eigenvalue weighted by Crippen LogP contribution is -2.35. The molecule has 1 aromatic heterocycles. The van der Waals surface area contributed by atoms with Gasteiger partial charge in [-0.15, -0.1) is 0 Å². The van der Waals surface area contributed by atoms with Crippen LogP contribution >= 0.6 is 11.3 Å². The number of methoxy groups -OCH3 is 1. The van der Waals surface area contributed by atoms with Crippen LogP contribution in [0.25, 0.3) is 10.2 Å². The van der Waals surface area contributed by atoms with Gasteiger partial charge >= 0.3 is 6.03 Å². The first kappa shape index (κ1) is 18.0. The van der Waals surface area contributed by atoms with Crippen molar-refractivity contribution >= 4 is 44.3 Å². The van der Waals surface area contributed by atoms with Crippen LogP contribution in [0.5, 0.6) is 5.75 Å². The maximum atomic E-state index is 12.0. The molecule has 3 amide bonds. The Hall–Kier alpha value is -2.35. The first-order valence-corrected chi connectivity index (χ1v) is 8.64. The summed E-state index contributed by atoms with van der Waals surface area (Å²) in [5.74, 6) is 0.443. The standard InChI is InChI=1S/C16H22N4O3S/c1-5-9(3)17-15(22)18-10-7-11(23-4)14-12(8-10)24-16(20-14)19-13(21)6-2/h7-9H,5-6H2,1-4H3,(H2,17,18,22)(H,19,20,21). The average Bonchev–Trinajstić information content (AvgIpc) is 2.95. The fraction of sp³-hybridized carbons (Fsp3) is 0.438. The molecule has 1 unspecified atom stereocenters. The minimum Gasteiger partial charge on any atom is -0.494 e. The van der Waals surface area contributed by atoms with Gasteiger partial charge in [0.15, 0.2) is 5.13 Å². The minimum absolute atomic E-state index is 0.0925. The number of hydrogen-bond acceptors (Lipinski definition) is 5. The summed E-state index contributed by atoms with van der Waals surface area (Å²) in [4.78, 5) is 27.9. The van der Waals surface area contributed by atoms with Gasteiger partial charge in [-0.05, 0) is 19.4 Å². The number of urea groups is 1. The molecular formula is C16H22N4O3S. The highest BCUT2D eigenvalue weighted by Crippen LogP contribution is 2.35. The van der Waals surface area contributed by atoms with E-state index < -0.39 is 0 Å². The fourth-order valence-electron chi connectivity index (χ4n) is 1.98. The van der Waals surface area contributed by atoms with Crippen LogP contribution in [-0.4, -0.2) is 30.1 Å². The van der Waals surface area contributed by atoms with Gasteiger partial charge in [-0.2, -0.15) is 0 Å². The van der Waals surface area contributed by atoms with E-state index in [0.29, 0.717) is 28.5 Å². The molecule has 2 rings (SSSR count). The lowest BCUT2D eigenvalue weighted by molar-refractivity contribution is -0.115. The van der Waals surface area contributed by atoms with Crippen LogP contribution in [0.15, 0.2) is 12.1 Å². The number of nitrogens with zero attached hydrogens (tertiary/aromatic N) is 1. The normalized spacial score (nSPS) is 11.8. The Balaban J connectivity index is 2.26. The summed E-state index contributed by atoms with van der Waals surface area (Å²) in [7, 11) is 1.54. The topological polar surface area (TPSA) is 92.3 Å². The van der Waals surface area contributed by atoms with Gasteiger partial charge in [0.25, 0.3) is 0 Å². The van der Waals surface area contributed by atoms with Gasteiger partial charge in [0.05, 0.1) is 11.8 Å². The van der Waals surface area contributed by atoms with Crippen molar-refractivity contribution in [1.29, 1.82) is 0 Å². The molecule has 0 spiro atoms. The summed E-state index contributed by atoms with van der Waals surface area (Å²) in [5, 5.41) is 8.89. The Morgan fingerprint density at radius 1 is 1.29 bits per heavy atom. The third-order valence-corrected chi connectivity index (χ3v) is 4.41. The van der Waals surface area contributed by atoms with E-state index in [-0.39, 0.29) is 18.0 Å². The lowest BCUT2D eigenvalue weighted by atomic mass is 10.2. The van der Waals surface area contributed by atoms with Crippen molar-refractivity contribution < 1.29 is 14.3 Å². The van der Waals surface area contributed by atoms with E-state index in [2.05, 4.69) is 20.9 Å². The molecule has 0 aliphatic carbocycles. The first-order chi connectivity index (χ1) is 11.5. The molecule has 0 aliphatic heterocycles. The van der Waals surface area contributed by atoms with Crippen LogP contribution in [0.3, 0.4) is 0 Å². The largest absolute Gasteiger partial charge is 0.494 e. The van der Waals surface area contributed by atoms with E-state index in [0.717, 1.165) is 11.1 Å². The molecule has 1 aromatic carbocycles. The Kier molecular flexibility index (Phi) is 5.97. The second-order valence-electron chi connectivity index (χ2n) is 5.35. The molecule has 0 radical (unpaired) electrons. The van der Waals surface area contributed by atoms with Gasteiger partial charge in [-0.1, -0.05) is 25.2 Å². The van der Waals surface area contributed by atoms with Crippen molar-refractivity contribution in [1.82, 2.24) is 10.3 Å². The van der Waals surface area contributed by atoms with Crippen molar-refractivity contribution in [2.24, 2.45) is 0 Å². The first-order valence-electron chi connectivity index (χ1n) is 7.82. The van der Waals surface area contributed by atoms with Crippen molar-refractivity contribution in [2.45, 2.75) is 39.7 Å². The molecule has 8 heteroatoms. The number of anilines is 2. The van der Waals surface area contributed by atoms with E-state index >= 15 is 0 Å². The van der Waals surface area contributed by atoms with Crippen molar-refractivity contribution in [2.75, 3.05) is 17.7 Å². The zero-order chi connectivity index (χ0) is 17.7. The molecule has 0 aliphatic rings. The maximum absolute atomic E-state index is 12.0. The number of carbonyl (C=O) groups excluding carboxylic acids is 2. The molecule has 1 heterocycles. The van der Waals surface area contributed by atoms with Gasteiger partial charge in [0, 0.05) is 24.2 Å². The number of ether oxygens (including phenoxy) is 1. The lowest BCUT2D eigenvalue weighted by Gasteiger charge is -2.13. The van der Waals surface area contributed by atoms with Crippen molar-refractivity contribution in [3.8, 4) is 5.75 Å². The number of carbonyl (C=O) groups is 2.